The third kappa shape index (κ3) is 5.71. The summed E-state index contributed by atoms with van der Waals surface area (Å²) in [6.07, 6.45) is 2.29. The summed E-state index contributed by atoms with van der Waals surface area (Å²) in [6, 6.07) is 5.07. The van der Waals surface area contributed by atoms with Crippen LogP contribution in [0.15, 0.2) is 24.3 Å². The number of carbonyl (C=O) groups is 2. The van der Waals surface area contributed by atoms with Gasteiger partial charge in [0.25, 0.3) is 0 Å². The summed E-state index contributed by atoms with van der Waals surface area (Å²) < 4.78 is 0. The summed E-state index contributed by atoms with van der Waals surface area (Å²) in [5.41, 5.74) is 0.751. The van der Waals surface area contributed by atoms with Crippen molar-refractivity contribution in [2.45, 2.75) is 12.5 Å². The van der Waals surface area contributed by atoms with E-state index in [0.717, 1.165) is 5.56 Å². The lowest BCUT2D eigenvalue weighted by molar-refractivity contribution is -0.132. The van der Waals surface area contributed by atoms with Crippen LogP contribution in [0.2, 0.25) is 10.0 Å². The predicted molar refractivity (Wildman–Crippen MR) is 96.4 cm³/mol. The van der Waals surface area contributed by atoms with Crippen LogP contribution in [0.25, 0.3) is 6.08 Å². The van der Waals surface area contributed by atoms with Gasteiger partial charge in [0.2, 0.25) is 11.8 Å². The number of hydrogen-bond donors (Lipinski definition) is 2. The molecule has 1 saturated heterocycles. The Balaban J connectivity index is 1.96. The van der Waals surface area contributed by atoms with E-state index in [9.17, 15) is 14.7 Å². The lowest BCUT2D eigenvalue weighted by Crippen LogP contribution is -2.40. The zero-order valence-electron chi connectivity index (χ0n) is 13.6. The van der Waals surface area contributed by atoms with E-state index in [-0.39, 0.29) is 24.8 Å². The van der Waals surface area contributed by atoms with E-state index in [1.807, 2.05) is 0 Å². The van der Waals surface area contributed by atoms with Crippen LogP contribution >= 0.6 is 23.2 Å². The Bertz CT molecular complexity index is 666. The third-order valence-corrected chi connectivity index (χ3v) is 4.64. The molecule has 1 aliphatic heterocycles. The maximum Gasteiger partial charge on any atom is 0.246 e. The molecule has 0 unspecified atom stereocenters. The Kier molecular flexibility index (Phi) is 7.25. The molecule has 1 aromatic carbocycles. The molecule has 8 heteroatoms. The number of halogens is 2. The first-order chi connectivity index (χ1) is 11.9. The van der Waals surface area contributed by atoms with Crippen molar-refractivity contribution in [3.63, 3.8) is 0 Å². The maximum atomic E-state index is 12.3. The number of rotatable bonds is 5. The number of nitrogens with zero attached hydrogens (tertiary/aromatic N) is 2. The number of carbonyl (C=O) groups excluding carboxylic acids is 2. The smallest absolute Gasteiger partial charge is 0.246 e. The fourth-order valence-electron chi connectivity index (χ4n) is 2.48. The molecule has 0 aliphatic carbocycles. The Morgan fingerprint density at radius 1 is 1.24 bits per heavy atom. The lowest BCUT2D eigenvalue weighted by atomic mass is 10.2. The van der Waals surface area contributed by atoms with Crippen LogP contribution in [0, 0.1) is 0 Å². The van der Waals surface area contributed by atoms with Gasteiger partial charge >= 0.3 is 0 Å². The largest absolute Gasteiger partial charge is 0.394 e. The van der Waals surface area contributed by atoms with Crippen molar-refractivity contribution in [2.24, 2.45) is 0 Å². The molecule has 6 nitrogen and oxygen atoms in total. The van der Waals surface area contributed by atoms with E-state index < -0.39 is 12.7 Å². The molecule has 0 saturated carbocycles. The van der Waals surface area contributed by atoms with Crippen molar-refractivity contribution in [3.8, 4) is 0 Å². The van der Waals surface area contributed by atoms with E-state index in [2.05, 4.69) is 0 Å². The molecule has 0 aromatic heterocycles. The number of aliphatic hydroxyl groups is 2. The van der Waals surface area contributed by atoms with E-state index in [4.69, 9.17) is 28.3 Å². The molecule has 136 valence electrons. The van der Waals surface area contributed by atoms with Gasteiger partial charge in [0, 0.05) is 38.7 Å². The standard InChI is InChI=1S/C17H20Cl2N2O4/c18-14-3-1-12(9-15(14)19)2-4-16(24)20-6-5-17(25)21(8-7-20)10-13(23)11-22/h1-4,9,13,22-23H,5-8,10-11H2/t13-/m1/s1. The summed E-state index contributed by atoms with van der Waals surface area (Å²) in [5, 5.41) is 19.2. The Labute approximate surface area is 156 Å². The molecule has 1 aliphatic rings. The van der Waals surface area contributed by atoms with Crippen molar-refractivity contribution in [1.29, 1.82) is 0 Å². The van der Waals surface area contributed by atoms with Gasteiger partial charge in [-0.2, -0.15) is 0 Å². The quantitative estimate of drug-likeness (QED) is 0.749. The Morgan fingerprint density at radius 3 is 2.68 bits per heavy atom. The van der Waals surface area contributed by atoms with Crippen molar-refractivity contribution < 1.29 is 19.8 Å². The molecule has 2 N–H and O–H groups in total. The van der Waals surface area contributed by atoms with Gasteiger partial charge in [0.05, 0.1) is 22.8 Å². The Hall–Kier alpha value is -1.60. The first-order valence-corrected chi connectivity index (χ1v) is 8.65. The SMILES string of the molecule is O=C(C=Cc1ccc(Cl)c(Cl)c1)N1CCC(=O)N(C[C@@H](O)CO)CC1. The average molecular weight is 387 g/mol. The number of amides is 2. The normalized spacial score (nSPS) is 17.0. The zero-order valence-corrected chi connectivity index (χ0v) is 15.1. The number of aliphatic hydroxyl groups excluding tert-OH is 2. The molecule has 2 rings (SSSR count). The highest BCUT2D eigenvalue weighted by Gasteiger charge is 2.24. The number of β-amino-alcohol motifs (C(OH)–C–C–N with tert-alkyl or cyclic N) is 1. The molecule has 0 radical (unpaired) electrons. The molecular weight excluding hydrogens is 367 g/mol. The minimum atomic E-state index is -0.972. The lowest BCUT2D eigenvalue weighted by Gasteiger charge is -2.23. The molecule has 2 amide bonds. The molecular formula is C17H20Cl2N2O4. The fraction of sp³-hybridized carbons (Fsp3) is 0.412. The van der Waals surface area contributed by atoms with Gasteiger partial charge in [0.1, 0.15) is 0 Å². The molecule has 1 atom stereocenters. The second-order valence-electron chi connectivity index (χ2n) is 5.76. The van der Waals surface area contributed by atoms with Crippen LogP contribution in [-0.2, 0) is 9.59 Å². The third-order valence-electron chi connectivity index (χ3n) is 3.90. The molecule has 0 spiro atoms. The molecule has 25 heavy (non-hydrogen) atoms. The first kappa shape index (κ1) is 19.7. The van der Waals surface area contributed by atoms with Gasteiger partial charge < -0.3 is 20.0 Å². The topological polar surface area (TPSA) is 81.1 Å². The summed E-state index contributed by atoms with van der Waals surface area (Å²) in [5.74, 6) is -0.348. The van der Waals surface area contributed by atoms with Crippen molar-refractivity contribution in [2.75, 3.05) is 32.8 Å². The minimum absolute atomic E-state index is 0.0659. The van der Waals surface area contributed by atoms with Crippen molar-refractivity contribution >= 4 is 41.1 Å². The summed E-state index contributed by atoms with van der Waals surface area (Å²) in [7, 11) is 0. The van der Waals surface area contributed by atoms with Crippen molar-refractivity contribution in [1.82, 2.24) is 9.80 Å². The summed E-state index contributed by atoms with van der Waals surface area (Å²) in [6.45, 7) is 0.668. The second kappa shape index (κ2) is 9.20. The van der Waals surface area contributed by atoms with Crippen LogP contribution in [0.1, 0.15) is 12.0 Å². The minimum Gasteiger partial charge on any atom is -0.394 e. The first-order valence-electron chi connectivity index (χ1n) is 7.89. The summed E-state index contributed by atoms with van der Waals surface area (Å²) in [4.78, 5) is 27.4. The van der Waals surface area contributed by atoms with E-state index in [1.54, 1.807) is 29.2 Å². The number of hydrogen-bond acceptors (Lipinski definition) is 4. The average Bonchev–Trinajstić information content (AvgIpc) is 2.78. The van der Waals surface area contributed by atoms with E-state index in [1.165, 1.54) is 11.0 Å². The highest BCUT2D eigenvalue weighted by atomic mass is 35.5. The van der Waals surface area contributed by atoms with Gasteiger partial charge in [-0.3, -0.25) is 9.59 Å². The highest BCUT2D eigenvalue weighted by Crippen LogP contribution is 2.23. The zero-order chi connectivity index (χ0) is 18.4. The van der Waals surface area contributed by atoms with Gasteiger partial charge in [0.15, 0.2) is 0 Å². The van der Waals surface area contributed by atoms with Crippen LogP contribution in [-0.4, -0.2) is 70.7 Å². The maximum absolute atomic E-state index is 12.3. The van der Waals surface area contributed by atoms with Crippen LogP contribution in [0.4, 0.5) is 0 Å². The molecule has 1 heterocycles. The highest BCUT2D eigenvalue weighted by molar-refractivity contribution is 6.42. The van der Waals surface area contributed by atoms with Gasteiger partial charge in [-0.15, -0.1) is 0 Å². The Morgan fingerprint density at radius 2 is 2.00 bits per heavy atom. The van der Waals surface area contributed by atoms with Gasteiger partial charge in [-0.1, -0.05) is 29.3 Å². The van der Waals surface area contributed by atoms with Crippen LogP contribution in [0.3, 0.4) is 0 Å². The van der Waals surface area contributed by atoms with Crippen molar-refractivity contribution in [3.05, 3.63) is 39.9 Å². The fourth-order valence-corrected chi connectivity index (χ4v) is 2.79. The van der Waals surface area contributed by atoms with Crippen LogP contribution in [0.5, 0.6) is 0 Å². The number of benzene rings is 1. The van der Waals surface area contributed by atoms with E-state index in [0.29, 0.717) is 29.7 Å². The second-order valence-corrected chi connectivity index (χ2v) is 6.57. The molecule has 1 aromatic rings. The van der Waals surface area contributed by atoms with Gasteiger partial charge in [-0.25, -0.2) is 0 Å². The van der Waals surface area contributed by atoms with Gasteiger partial charge in [-0.05, 0) is 23.8 Å². The van der Waals surface area contributed by atoms with E-state index >= 15 is 0 Å². The summed E-state index contributed by atoms with van der Waals surface area (Å²) >= 11 is 11.8. The molecule has 0 bridgehead atoms. The van der Waals surface area contributed by atoms with Crippen LogP contribution < -0.4 is 0 Å². The predicted octanol–water partition coefficient (Wildman–Crippen LogP) is 1.42. The molecule has 1 fully saturated rings. The monoisotopic (exact) mass is 386 g/mol.